The van der Waals surface area contributed by atoms with Crippen LogP contribution in [0.4, 0.5) is 0 Å². The summed E-state index contributed by atoms with van der Waals surface area (Å²) in [5.41, 5.74) is 2.06. The molecule has 3 rings (SSSR count). The maximum atomic E-state index is 12.2. The van der Waals surface area contributed by atoms with Gasteiger partial charge in [-0.05, 0) is 23.6 Å². The van der Waals surface area contributed by atoms with E-state index in [1.54, 1.807) is 6.08 Å². The summed E-state index contributed by atoms with van der Waals surface area (Å²) in [6.45, 7) is 1.44. The molecule has 2 heterocycles. The fourth-order valence-corrected chi connectivity index (χ4v) is 3.96. The van der Waals surface area contributed by atoms with Crippen molar-refractivity contribution in [1.29, 1.82) is 0 Å². The topological polar surface area (TPSA) is 46.6 Å². The summed E-state index contributed by atoms with van der Waals surface area (Å²) in [5, 5.41) is 0.425. The van der Waals surface area contributed by atoms with Crippen molar-refractivity contribution in [3.05, 3.63) is 47.5 Å². The Kier molecular flexibility index (Phi) is 4.12. The first-order chi connectivity index (χ1) is 10.2. The molecule has 2 atom stereocenters. The maximum absolute atomic E-state index is 12.2. The van der Waals surface area contributed by atoms with Gasteiger partial charge in [-0.3, -0.25) is 9.69 Å². The van der Waals surface area contributed by atoms with Gasteiger partial charge in [-0.1, -0.05) is 42.1 Å². The molecule has 1 aromatic rings. The molecule has 1 aromatic carbocycles. The third-order valence-corrected chi connectivity index (χ3v) is 5.12. The molecular formula is C16H17NO3S. The van der Waals surface area contributed by atoms with Gasteiger partial charge in [-0.15, -0.1) is 0 Å². The second kappa shape index (κ2) is 6.03. The number of carbonyl (C=O) groups excluding carboxylic acids is 2. The molecule has 1 saturated heterocycles. The van der Waals surface area contributed by atoms with Crippen molar-refractivity contribution in [3.63, 3.8) is 0 Å². The van der Waals surface area contributed by atoms with Gasteiger partial charge >= 0.3 is 5.97 Å². The summed E-state index contributed by atoms with van der Waals surface area (Å²) < 4.78 is 4.98. The summed E-state index contributed by atoms with van der Waals surface area (Å²) in [7, 11) is 1.42. The highest BCUT2D eigenvalue weighted by atomic mass is 32.2. The average molecular weight is 303 g/mol. The van der Waals surface area contributed by atoms with E-state index in [4.69, 9.17) is 4.74 Å². The van der Waals surface area contributed by atoms with E-state index in [-0.39, 0.29) is 11.1 Å². The number of benzene rings is 1. The van der Waals surface area contributed by atoms with Gasteiger partial charge in [-0.2, -0.15) is 0 Å². The molecule has 2 aliphatic heterocycles. The van der Waals surface area contributed by atoms with Gasteiger partial charge in [0.05, 0.1) is 7.11 Å². The normalized spacial score (nSPS) is 23.4. The van der Waals surface area contributed by atoms with E-state index in [1.807, 2.05) is 30.3 Å². The number of thioether (sulfide) groups is 1. The molecule has 5 heteroatoms. The summed E-state index contributed by atoms with van der Waals surface area (Å²) in [6, 6.07) is 9.25. The van der Waals surface area contributed by atoms with Crippen LogP contribution in [0.1, 0.15) is 18.0 Å². The van der Waals surface area contributed by atoms with Crippen molar-refractivity contribution in [2.75, 3.05) is 20.2 Å². The number of methoxy groups -OCH3 is 1. The number of likely N-dealkylation sites (tertiary alicyclic amines) is 1. The van der Waals surface area contributed by atoms with Crippen molar-refractivity contribution in [2.24, 2.45) is 0 Å². The summed E-state index contributed by atoms with van der Waals surface area (Å²) >= 11 is 1.40. The Bertz CT molecular complexity index is 584. The number of fused-ring (bicyclic) bond motifs is 1. The van der Waals surface area contributed by atoms with Crippen LogP contribution >= 0.6 is 11.8 Å². The molecule has 0 bridgehead atoms. The first kappa shape index (κ1) is 14.4. The van der Waals surface area contributed by atoms with E-state index in [0.717, 1.165) is 24.1 Å². The molecule has 21 heavy (non-hydrogen) atoms. The van der Waals surface area contributed by atoms with Gasteiger partial charge in [0.15, 0.2) is 0 Å². The number of carbonyl (C=O) groups is 2. The van der Waals surface area contributed by atoms with Crippen molar-refractivity contribution >= 4 is 22.8 Å². The zero-order valence-corrected chi connectivity index (χ0v) is 12.6. The predicted molar refractivity (Wildman–Crippen MR) is 81.9 cm³/mol. The van der Waals surface area contributed by atoms with Gasteiger partial charge in [0, 0.05) is 18.3 Å². The smallest absolute Gasteiger partial charge is 0.327 e. The third kappa shape index (κ3) is 2.89. The Balaban J connectivity index is 1.86. The fourth-order valence-electron chi connectivity index (χ4n) is 2.95. The van der Waals surface area contributed by atoms with E-state index >= 15 is 0 Å². The lowest BCUT2D eigenvalue weighted by Gasteiger charge is -2.36. The monoisotopic (exact) mass is 303 g/mol. The van der Waals surface area contributed by atoms with Gasteiger partial charge in [0.25, 0.3) is 0 Å². The van der Waals surface area contributed by atoms with Crippen LogP contribution in [0.2, 0.25) is 0 Å². The van der Waals surface area contributed by atoms with Gasteiger partial charge < -0.3 is 4.74 Å². The average Bonchev–Trinajstić information content (AvgIpc) is 2.88. The number of nitrogens with zero attached hydrogens (tertiary/aromatic N) is 1. The Morgan fingerprint density at radius 3 is 2.86 bits per heavy atom. The molecule has 4 nitrogen and oxygen atoms in total. The highest BCUT2D eigenvalue weighted by molar-refractivity contribution is 8.15. The molecule has 0 N–H and O–H groups in total. The van der Waals surface area contributed by atoms with Crippen LogP contribution in [-0.4, -0.2) is 41.4 Å². The van der Waals surface area contributed by atoms with Crippen LogP contribution in [-0.2, 0) is 14.3 Å². The summed E-state index contributed by atoms with van der Waals surface area (Å²) in [6.07, 6.45) is 2.61. The zero-order chi connectivity index (χ0) is 14.8. The first-order valence-corrected chi connectivity index (χ1v) is 7.85. The molecule has 110 valence electrons. The molecule has 0 radical (unpaired) electrons. The molecule has 0 spiro atoms. The van der Waals surface area contributed by atoms with E-state index in [1.165, 1.54) is 18.9 Å². The lowest BCUT2D eigenvalue weighted by Crippen LogP contribution is -2.42. The quantitative estimate of drug-likeness (QED) is 0.801. The van der Waals surface area contributed by atoms with E-state index in [0.29, 0.717) is 11.8 Å². The third-order valence-electron chi connectivity index (χ3n) is 3.94. The highest BCUT2D eigenvalue weighted by Gasteiger charge is 2.36. The molecule has 0 aliphatic carbocycles. The SMILES string of the molecule is COC(=O)C(c1ccccc1)N1CCC2SC(=O)C=C2C1. The van der Waals surface area contributed by atoms with Crippen molar-refractivity contribution in [3.8, 4) is 0 Å². The second-order valence-electron chi connectivity index (χ2n) is 5.24. The molecule has 2 aliphatic rings. The Labute approximate surface area is 128 Å². The Hall–Kier alpha value is -1.59. The lowest BCUT2D eigenvalue weighted by molar-refractivity contribution is -0.147. The number of esters is 1. The van der Waals surface area contributed by atoms with Crippen molar-refractivity contribution < 1.29 is 14.3 Å². The van der Waals surface area contributed by atoms with Gasteiger partial charge in [0.2, 0.25) is 5.12 Å². The predicted octanol–water partition coefficient (Wildman–Crippen LogP) is 2.17. The molecule has 0 aromatic heterocycles. The van der Waals surface area contributed by atoms with Crippen LogP contribution in [0, 0.1) is 0 Å². The van der Waals surface area contributed by atoms with Crippen molar-refractivity contribution in [2.45, 2.75) is 17.7 Å². The van der Waals surface area contributed by atoms with E-state index in [9.17, 15) is 9.59 Å². The van der Waals surface area contributed by atoms with Gasteiger partial charge in [0.1, 0.15) is 6.04 Å². The Morgan fingerprint density at radius 2 is 2.14 bits per heavy atom. The minimum atomic E-state index is -0.404. The molecule has 2 unspecified atom stereocenters. The molecule has 0 saturated carbocycles. The van der Waals surface area contributed by atoms with Crippen LogP contribution in [0.25, 0.3) is 0 Å². The second-order valence-corrected chi connectivity index (χ2v) is 6.45. The molecule has 1 fully saturated rings. The fraction of sp³-hybridized carbons (Fsp3) is 0.375. The minimum absolute atomic E-state index is 0.131. The van der Waals surface area contributed by atoms with Crippen LogP contribution < -0.4 is 0 Å². The number of piperidine rings is 1. The van der Waals surface area contributed by atoms with Crippen LogP contribution in [0.15, 0.2) is 42.0 Å². The van der Waals surface area contributed by atoms with Crippen LogP contribution in [0.3, 0.4) is 0 Å². The first-order valence-electron chi connectivity index (χ1n) is 6.97. The largest absolute Gasteiger partial charge is 0.468 e. The number of ether oxygens (including phenoxy) is 1. The molecule has 0 amide bonds. The van der Waals surface area contributed by atoms with E-state index in [2.05, 4.69) is 4.90 Å². The summed E-state index contributed by atoms with van der Waals surface area (Å²) in [5.74, 6) is -0.253. The number of hydrogen-bond acceptors (Lipinski definition) is 5. The molecular weight excluding hydrogens is 286 g/mol. The maximum Gasteiger partial charge on any atom is 0.327 e. The highest BCUT2D eigenvalue weighted by Crippen LogP contribution is 2.37. The minimum Gasteiger partial charge on any atom is -0.468 e. The number of hydrogen-bond donors (Lipinski definition) is 0. The van der Waals surface area contributed by atoms with Crippen molar-refractivity contribution in [1.82, 2.24) is 4.90 Å². The summed E-state index contributed by atoms with van der Waals surface area (Å²) in [4.78, 5) is 25.8. The van der Waals surface area contributed by atoms with Gasteiger partial charge in [-0.25, -0.2) is 4.79 Å². The van der Waals surface area contributed by atoms with Crippen LogP contribution in [0.5, 0.6) is 0 Å². The zero-order valence-electron chi connectivity index (χ0n) is 11.8. The Morgan fingerprint density at radius 1 is 1.38 bits per heavy atom. The standard InChI is InChI=1S/C16H17NO3S/c1-20-16(19)15(11-5-3-2-4-6-11)17-8-7-13-12(10-17)9-14(18)21-13/h2-6,9,13,15H,7-8,10H2,1H3. The lowest BCUT2D eigenvalue weighted by atomic mass is 9.98. The number of rotatable bonds is 3. The van der Waals surface area contributed by atoms with E-state index < -0.39 is 6.04 Å².